The Kier molecular flexibility index (Phi) is 12.6. The molecule has 0 fully saturated rings. The number of hydrazine groups is 1. The van der Waals surface area contributed by atoms with Gasteiger partial charge in [0, 0.05) is 24.5 Å². The highest BCUT2D eigenvalue weighted by Gasteiger charge is 2.16. The third-order valence-electron chi connectivity index (χ3n) is 5.52. The van der Waals surface area contributed by atoms with Crippen LogP contribution in [0.1, 0.15) is 66.9 Å². The lowest BCUT2D eigenvalue weighted by molar-refractivity contribution is 0.296. The minimum atomic E-state index is 0.608. The van der Waals surface area contributed by atoms with Gasteiger partial charge in [-0.3, -0.25) is 5.84 Å². The second-order valence-corrected chi connectivity index (χ2v) is 7.97. The zero-order chi connectivity index (χ0) is 23.2. The molecule has 0 spiro atoms. The van der Waals surface area contributed by atoms with Crippen molar-refractivity contribution in [1.29, 1.82) is 0 Å². The Balaban J connectivity index is 0.00000233. The largest absolute Gasteiger partial charge is 0.377 e. The van der Waals surface area contributed by atoms with Gasteiger partial charge < -0.3 is 10.2 Å². The average Bonchev–Trinajstić information content (AvgIpc) is 2.79. The van der Waals surface area contributed by atoms with Crippen LogP contribution in [0, 0.1) is 0 Å². The molecule has 1 heterocycles. The maximum absolute atomic E-state index is 6.15. The molecule has 4 heteroatoms. The number of rotatable bonds is 9. The molecule has 0 saturated carbocycles. The number of hydrogen-bond donors (Lipinski definition) is 2. The van der Waals surface area contributed by atoms with E-state index in [-0.39, 0.29) is 0 Å². The predicted octanol–water partition coefficient (Wildman–Crippen LogP) is 6.30. The molecule has 0 aromatic heterocycles. The van der Waals surface area contributed by atoms with Gasteiger partial charge in [0.05, 0.1) is 6.67 Å². The van der Waals surface area contributed by atoms with Crippen LogP contribution in [0.25, 0.3) is 0 Å². The number of aryl methyl sites for hydroxylation is 1. The monoisotopic (exact) mass is 424 g/mol. The number of benzene rings is 1. The minimum absolute atomic E-state index is 0.608. The van der Waals surface area contributed by atoms with E-state index in [0.717, 1.165) is 19.5 Å². The van der Waals surface area contributed by atoms with Crippen molar-refractivity contribution in [2.75, 3.05) is 24.7 Å². The summed E-state index contributed by atoms with van der Waals surface area (Å²) < 4.78 is 0. The Hall–Kier alpha value is -2.30. The molecular weight excluding hydrogens is 380 g/mol. The van der Waals surface area contributed by atoms with Crippen LogP contribution in [0.2, 0.25) is 0 Å². The third-order valence-corrected chi connectivity index (χ3v) is 5.52. The van der Waals surface area contributed by atoms with Crippen LogP contribution in [0.15, 0.2) is 71.1 Å². The summed E-state index contributed by atoms with van der Waals surface area (Å²) in [6.07, 6.45) is 11.9. The number of fused-ring (bicyclic) bond motifs is 1. The molecule has 31 heavy (non-hydrogen) atoms. The van der Waals surface area contributed by atoms with Crippen molar-refractivity contribution in [3.05, 3.63) is 76.7 Å². The molecule has 172 valence electrons. The fraction of sp³-hybridized carbons (Fsp3) is 0.481. The van der Waals surface area contributed by atoms with Crippen molar-refractivity contribution in [3.63, 3.8) is 0 Å². The highest BCUT2D eigenvalue weighted by molar-refractivity contribution is 5.59. The normalized spacial score (nSPS) is 15.5. The van der Waals surface area contributed by atoms with E-state index in [1.165, 1.54) is 46.5 Å². The number of nitrogens with two attached hydrogens (primary N) is 1. The summed E-state index contributed by atoms with van der Waals surface area (Å²) in [5, 5.41) is 5.08. The van der Waals surface area contributed by atoms with Crippen molar-refractivity contribution in [1.82, 2.24) is 10.3 Å². The molecule has 1 aromatic carbocycles. The van der Waals surface area contributed by atoms with Crippen molar-refractivity contribution in [3.8, 4) is 0 Å². The lowest BCUT2D eigenvalue weighted by atomic mass is 10.0. The topological polar surface area (TPSA) is 44.5 Å². The van der Waals surface area contributed by atoms with Crippen molar-refractivity contribution < 1.29 is 0 Å². The number of nitrogens with one attached hydrogen (secondary N) is 1. The molecule has 0 radical (unpaired) electrons. The zero-order valence-corrected chi connectivity index (χ0v) is 20.8. The first-order chi connectivity index (χ1) is 14.9. The first-order valence-corrected chi connectivity index (χ1v) is 11.7. The van der Waals surface area contributed by atoms with Gasteiger partial charge in [-0.15, -0.1) is 0 Å². The van der Waals surface area contributed by atoms with Gasteiger partial charge in [-0.05, 0) is 76.9 Å². The first kappa shape index (κ1) is 26.7. The lowest BCUT2D eigenvalue weighted by Crippen LogP contribution is -2.38. The highest BCUT2D eigenvalue weighted by atomic mass is 15.4. The van der Waals surface area contributed by atoms with E-state index in [0.29, 0.717) is 6.67 Å². The standard InChI is InChI=1S/C25H38N4.C2H6/c1-6-20(2)17-21(3)22(4)18-28(26)19-27-15-9-11-23(5)29-16-10-13-24-12-7-8-14-25(24)29;1-2/h7-9,11-12,14-15,17,27H,6,10,13,16,18-19,26H2,1-5H3;1-2H3/b15-9-,20-17-,22-21+,23-11+;. The molecule has 0 saturated heterocycles. The molecule has 0 bridgehead atoms. The van der Waals surface area contributed by atoms with Gasteiger partial charge in [0.25, 0.3) is 0 Å². The Morgan fingerprint density at radius 3 is 2.58 bits per heavy atom. The predicted molar refractivity (Wildman–Crippen MR) is 138 cm³/mol. The van der Waals surface area contributed by atoms with Crippen molar-refractivity contribution >= 4 is 5.69 Å². The molecule has 1 aromatic rings. The van der Waals surface area contributed by atoms with E-state index in [1.54, 1.807) is 5.01 Å². The smallest absolute Gasteiger partial charge is 0.0808 e. The molecule has 3 N–H and O–H groups in total. The second kappa shape index (κ2) is 14.7. The fourth-order valence-corrected chi connectivity index (χ4v) is 3.50. The molecule has 4 nitrogen and oxygen atoms in total. The zero-order valence-electron chi connectivity index (χ0n) is 20.8. The summed E-state index contributed by atoms with van der Waals surface area (Å²) in [5.41, 5.74) is 8.03. The Bertz CT molecular complexity index is 786. The van der Waals surface area contributed by atoms with Gasteiger partial charge >= 0.3 is 0 Å². The maximum atomic E-state index is 6.15. The minimum Gasteiger partial charge on any atom is -0.377 e. The molecule has 0 unspecified atom stereocenters. The molecule has 2 rings (SSSR count). The van der Waals surface area contributed by atoms with E-state index in [4.69, 9.17) is 5.84 Å². The summed E-state index contributed by atoms with van der Waals surface area (Å²) in [5.74, 6) is 6.15. The van der Waals surface area contributed by atoms with Crippen LogP contribution < -0.4 is 16.1 Å². The Morgan fingerprint density at radius 1 is 1.16 bits per heavy atom. The van der Waals surface area contributed by atoms with Gasteiger partial charge in [-0.2, -0.15) is 0 Å². The number of nitrogens with zero attached hydrogens (tertiary/aromatic N) is 2. The van der Waals surface area contributed by atoms with Crippen LogP contribution in [0.3, 0.4) is 0 Å². The van der Waals surface area contributed by atoms with Crippen LogP contribution in [-0.4, -0.2) is 24.8 Å². The van der Waals surface area contributed by atoms with E-state index in [1.807, 2.05) is 20.0 Å². The van der Waals surface area contributed by atoms with Gasteiger partial charge in [0.2, 0.25) is 0 Å². The van der Waals surface area contributed by atoms with Crippen LogP contribution in [-0.2, 0) is 6.42 Å². The summed E-state index contributed by atoms with van der Waals surface area (Å²) in [7, 11) is 0. The number of para-hydroxylation sites is 1. The summed E-state index contributed by atoms with van der Waals surface area (Å²) in [6, 6.07) is 8.70. The molecular formula is C27H44N4. The number of anilines is 1. The quantitative estimate of drug-likeness (QED) is 0.211. The lowest BCUT2D eigenvalue weighted by Gasteiger charge is -2.31. The van der Waals surface area contributed by atoms with Crippen molar-refractivity contribution in [2.24, 2.45) is 5.84 Å². The Morgan fingerprint density at radius 2 is 1.87 bits per heavy atom. The summed E-state index contributed by atoms with van der Waals surface area (Å²) >= 11 is 0. The van der Waals surface area contributed by atoms with Crippen LogP contribution in [0.4, 0.5) is 5.69 Å². The number of allylic oxidation sites excluding steroid dienone is 6. The van der Waals surface area contributed by atoms with Gasteiger partial charge in [0.15, 0.2) is 0 Å². The summed E-state index contributed by atoms with van der Waals surface area (Å²) in [6.45, 7) is 17.3. The molecule has 0 atom stereocenters. The van der Waals surface area contributed by atoms with E-state index in [2.05, 4.69) is 87.3 Å². The van der Waals surface area contributed by atoms with E-state index < -0.39 is 0 Å². The fourth-order valence-electron chi connectivity index (χ4n) is 3.50. The SMILES string of the molecule is CC.CC/C(C)=C\C(C)=C(/C)CN(N)CN/C=C\C=C(/C)N1CCCc2ccccc21. The molecule has 0 amide bonds. The average molecular weight is 425 g/mol. The van der Waals surface area contributed by atoms with Gasteiger partial charge in [0.1, 0.15) is 0 Å². The third kappa shape index (κ3) is 9.16. The van der Waals surface area contributed by atoms with Crippen LogP contribution >= 0.6 is 0 Å². The van der Waals surface area contributed by atoms with E-state index >= 15 is 0 Å². The molecule has 0 aliphatic carbocycles. The first-order valence-electron chi connectivity index (χ1n) is 11.7. The maximum Gasteiger partial charge on any atom is 0.0808 e. The number of hydrogen-bond acceptors (Lipinski definition) is 4. The summed E-state index contributed by atoms with van der Waals surface area (Å²) in [4.78, 5) is 2.40. The molecule has 1 aliphatic rings. The van der Waals surface area contributed by atoms with Gasteiger partial charge in [-0.25, -0.2) is 5.01 Å². The van der Waals surface area contributed by atoms with Crippen LogP contribution in [0.5, 0.6) is 0 Å². The Labute approximate surface area is 191 Å². The molecule has 1 aliphatic heterocycles. The van der Waals surface area contributed by atoms with Crippen molar-refractivity contribution in [2.45, 2.75) is 67.7 Å². The van der Waals surface area contributed by atoms with Gasteiger partial charge in [-0.1, -0.05) is 61.8 Å². The van der Waals surface area contributed by atoms with E-state index in [9.17, 15) is 0 Å². The highest BCUT2D eigenvalue weighted by Crippen LogP contribution is 2.29. The second-order valence-electron chi connectivity index (χ2n) is 7.97.